The lowest BCUT2D eigenvalue weighted by molar-refractivity contribution is 0.0695. The largest absolute Gasteiger partial charge is 0.488 e. The maximum atomic E-state index is 9.32. The van der Waals surface area contributed by atoms with E-state index in [4.69, 9.17) is 4.74 Å². The minimum atomic E-state index is -1.42. The summed E-state index contributed by atoms with van der Waals surface area (Å²) in [7, 11) is -1.42. The molecule has 0 amide bonds. The van der Waals surface area contributed by atoms with Crippen molar-refractivity contribution in [3.8, 4) is 5.75 Å². The summed E-state index contributed by atoms with van der Waals surface area (Å²) in [4.78, 5) is 2.66. The SMILES string of the molecule is CC.OB(O)c1ccc2c(c1)OC1(CCCN(C3CCC3)CC1)C2. The van der Waals surface area contributed by atoms with Crippen LogP contribution in [0.5, 0.6) is 5.75 Å². The van der Waals surface area contributed by atoms with Crippen molar-refractivity contribution in [3.05, 3.63) is 23.8 Å². The molecule has 2 fully saturated rings. The molecular formula is C19H30BNO3. The van der Waals surface area contributed by atoms with Crippen LogP contribution < -0.4 is 10.2 Å². The first-order chi connectivity index (χ1) is 11.7. The van der Waals surface area contributed by atoms with E-state index in [1.165, 1.54) is 37.8 Å². The lowest BCUT2D eigenvalue weighted by Gasteiger charge is -2.37. The fourth-order valence-electron chi connectivity index (χ4n) is 4.17. The average Bonchev–Trinajstić information content (AvgIpc) is 2.78. The molecule has 1 aliphatic carbocycles. The molecule has 2 N–H and O–H groups in total. The van der Waals surface area contributed by atoms with Crippen molar-refractivity contribution in [1.82, 2.24) is 4.90 Å². The first kappa shape index (κ1) is 17.8. The Kier molecular flexibility index (Phi) is 5.53. The zero-order chi connectivity index (χ0) is 17.2. The Balaban J connectivity index is 0.000000815. The third kappa shape index (κ3) is 3.49. The number of hydrogen-bond donors (Lipinski definition) is 2. The molecule has 0 radical (unpaired) electrons. The molecule has 2 heterocycles. The molecule has 1 atom stereocenters. The summed E-state index contributed by atoms with van der Waals surface area (Å²) in [5.41, 5.74) is 1.65. The second kappa shape index (κ2) is 7.46. The zero-order valence-electron chi connectivity index (χ0n) is 15.0. The first-order valence-corrected chi connectivity index (χ1v) is 9.57. The Morgan fingerprint density at radius 1 is 1.12 bits per heavy atom. The monoisotopic (exact) mass is 331 g/mol. The number of rotatable bonds is 2. The lowest BCUT2D eigenvalue weighted by Crippen LogP contribution is -2.42. The molecule has 1 spiro atoms. The van der Waals surface area contributed by atoms with Crippen molar-refractivity contribution in [2.75, 3.05) is 13.1 Å². The Morgan fingerprint density at radius 2 is 1.92 bits per heavy atom. The molecule has 1 aromatic carbocycles. The van der Waals surface area contributed by atoms with Crippen molar-refractivity contribution >= 4 is 12.6 Å². The molecule has 3 aliphatic rings. The van der Waals surface area contributed by atoms with Crippen LogP contribution in [0.1, 0.15) is 57.9 Å². The van der Waals surface area contributed by atoms with E-state index in [2.05, 4.69) is 4.90 Å². The fourth-order valence-corrected chi connectivity index (χ4v) is 4.17. The van der Waals surface area contributed by atoms with Gasteiger partial charge in [0.15, 0.2) is 0 Å². The molecule has 0 bridgehead atoms. The van der Waals surface area contributed by atoms with E-state index in [1.807, 2.05) is 19.9 Å². The highest BCUT2D eigenvalue weighted by atomic mass is 16.5. The van der Waals surface area contributed by atoms with Crippen LogP contribution in [0.3, 0.4) is 0 Å². The van der Waals surface area contributed by atoms with Crippen LogP contribution in [0.15, 0.2) is 18.2 Å². The van der Waals surface area contributed by atoms with Crippen LogP contribution in [0, 0.1) is 0 Å². The van der Waals surface area contributed by atoms with Crippen LogP contribution in [0.25, 0.3) is 0 Å². The van der Waals surface area contributed by atoms with Crippen LogP contribution in [-0.2, 0) is 6.42 Å². The van der Waals surface area contributed by atoms with Crippen LogP contribution in [0.2, 0.25) is 0 Å². The second-order valence-corrected chi connectivity index (χ2v) is 7.18. The maximum absolute atomic E-state index is 9.32. The van der Waals surface area contributed by atoms with E-state index in [9.17, 15) is 10.0 Å². The van der Waals surface area contributed by atoms with Crippen molar-refractivity contribution in [2.24, 2.45) is 0 Å². The van der Waals surface area contributed by atoms with E-state index in [0.717, 1.165) is 37.6 Å². The number of ether oxygens (including phenoxy) is 1. The van der Waals surface area contributed by atoms with Crippen molar-refractivity contribution in [2.45, 2.75) is 70.4 Å². The summed E-state index contributed by atoms with van der Waals surface area (Å²) < 4.78 is 6.34. The highest BCUT2D eigenvalue weighted by Gasteiger charge is 2.41. The van der Waals surface area contributed by atoms with Gasteiger partial charge in [0.1, 0.15) is 11.4 Å². The van der Waals surface area contributed by atoms with Crippen molar-refractivity contribution in [3.63, 3.8) is 0 Å². The quantitative estimate of drug-likeness (QED) is 0.815. The molecule has 24 heavy (non-hydrogen) atoms. The third-order valence-corrected chi connectivity index (χ3v) is 5.75. The first-order valence-electron chi connectivity index (χ1n) is 9.57. The van der Waals surface area contributed by atoms with Gasteiger partial charge >= 0.3 is 7.12 Å². The van der Waals surface area contributed by atoms with E-state index in [0.29, 0.717) is 5.46 Å². The Bertz CT molecular complexity index is 562. The standard InChI is InChI=1S/C17H24BNO3.C2H6/c20-18(21)14-6-5-13-12-17(22-16(13)11-14)7-2-9-19(10-8-17)15-3-1-4-15;1-2/h5-6,11,15,20-21H,1-4,7-10,12H2;1-2H3. The summed E-state index contributed by atoms with van der Waals surface area (Å²) in [6.45, 7) is 6.33. The summed E-state index contributed by atoms with van der Waals surface area (Å²) in [6.07, 6.45) is 8.46. The molecule has 1 unspecified atom stereocenters. The predicted molar refractivity (Wildman–Crippen MR) is 97.7 cm³/mol. The third-order valence-electron chi connectivity index (χ3n) is 5.75. The maximum Gasteiger partial charge on any atom is 0.488 e. The van der Waals surface area contributed by atoms with Gasteiger partial charge in [0.25, 0.3) is 0 Å². The Labute approximate surface area is 146 Å². The normalized spacial score (nSPS) is 26.7. The van der Waals surface area contributed by atoms with Crippen LogP contribution in [0.4, 0.5) is 0 Å². The van der Waals surface area contributed by atoms with Gasteiger partial charge in [-0.3, -0.25) is 0 Å². The minimum Gasteiger partial charge on any atom is -0.487 e. The molecule has 132 valence electrons. The molecule has 1 saturated heterocycles. The smallest absolute Gasteiger partial charge is 0.487 e. The summed E-state index contributed by atoms with van der Waals surface area (Å²) in [5, 5.41) is 18.6. The zero-order valence-corrected chi connectivity index (χ0v) is 15.0. The fraction of sp³-hybridized carbons (Fsp3) is 0.684. The van der Waals surface area contributed by atoms with Gasteiger partial charge in [-0.2, -0.15) is 0 Å². The molecule has 0 aromatic heterocycles. The van der Waals surface area contributed by atoms with Crippen LogP contribution >= 0.6 is 0 Å². The Hall–Kier alpha value is -1.04. The summed E-state index contributed by atoms with van der Waals surface area (Å²) >= 11 is 0. The summed E-state index contributed by atoms with van der Waals surface area (Å²) in [5.74, 6) is 0.850. The molecule has 5 heteroatoms. The molecule has 4 rings (SSSR count). The highest BCUT2D eigenvalue weighted by Crippen LogP contribution is 2.41. The van der Waals surface area contributed by atoms with Gasteiger partial charge in [0.2, 0.25) is 0 Å². The lowest BCUT2D eigenvalue weighted by atomic mass is 9.79. The topological polar surface area (TPSA) is 52.9 Å². The summed E-state index contributed by atoms with van der Waals surface area (Å²) in [6, 6.07) is 6.40. The van der Waals surface area contributed by atoms with Crippen LogP contribution in [-0.4, -0.2) is 46.8 Å². The minimum absolute atomic E-state index is 0.0696. The van der Waals surface area contributed by atoms with Gasteiger partial charge in [0, 0.05) is 25.4 Å². The van der Waals surface area contributed by atoms with E-state index in [1.54, 1.807) is 12.1 Å². The number of fused-ring (bicyclic) bond motifs is 1. The number of likely N-dealkylation sites (tertiary alicyclic amines) is 1. The van der Waals surface area contributed by atoms with Crippen molar-refractivity contribution in [1.29, 1.82) is 0 Å². The second-order valence-electron chi connectivity index (χ2n) is 7.18. The van der Waals surface area contributed by atoms with Crippen molar-refractivity contribution < 1.29 is 14.8 Å². The highest BCUT2D eigenvalue weighted by molar-refractivity contribution is 6.58. The molecule has 1 aromatic rings. The number of hydrogen-bond acceptors (Lipinski definition) is 4. The number of benzene rings is 1. The van der Waals surface area contributed by atoms with Gasteiger partial charge in [-0.05, 0) is 49.3 Å². The molecule has 1 saturated carbocycles. The predicted octanol–water partition coefficient (Wildman–Crippen LogP) is 2.10. The van der Waals surface area contributed by atoms with E-state index >= 15 is 0 Å². The van der Waals surface area contributed by atoms with Gasteiger partial charge in [-0.25, -0.2) is 0 Å². The van der Waals surface area contributed by atoms with E-state index < -0.39 is 7.12 Å². The van der Waals surface area contributed by atoms with Gasteiger partial charge in [-0.1, -0.05) is 32.4 Å². The van der Waals surface area contributed by atoms with E-state index in [-0.39, 0.29) is 5.60 Å². The molecule has 4 nitrogen and oxygen atoms in total. The number of nitrogens with zero attached hydrogens (tertiary/aromatic N) is 1. The average molecular weight is 331 g/mol. The molecular weight excluding hydrogens is 301 g/mol. The Morgan fingerprint density at radius 3 is 2.58 bits per heavy atom. The van der Waals surface area contributed by atoms with Gasteiger partial charge in [-0.15, -0.1) is 0 Å². The van der Waals surface area contributed by atoms with Gasteiger partial charge < -0.3 is 19.7 Å². The van der Waals surface area contributed by atoms with Gasteiger partial charge in [0.05, 0.1) is 0 Å². The molecule has 2 aliphatic heterocycles.